The van der Waals surface area contributed by atoms with E-state index in [1.54, 1.807) is 36.4 Å². The maximum Gasteiger partial charge on any atom is 0.261 e. The lowest BCUT2D eigenvalue weighted by molar-refractivity contribution is 0.102. The van der Waals surface area contributed by atoms with Crippen LogP contribution in [0.5, 0.6) is 0 Å². The van der Waals surface area contributed by atoms with Crippen LogP contribution in [0, 0.1) is 6.92 Å². The van der Waals surface area contributed by atoms with E-state index in [2.05, 4.69) is 26.0 Å². The maximum atomic E-state index is 12.5. The number of anilines is 2. The van der Waals surface area contributed by atoms with Gasteiger partial charge in [-0.2, -0.15) is 0 Å². The molecule has 0 atom stereocenters. The third kappa shape index (κ3) is 4.92. The quantitative estimate of drug-likeness (QED) is 0.510. The Hall–Kier alpha value is -2.35. The number of nitrogens with one attached hydrogen (secondary N) is 2. The molecule has 2 N–H and O–H groups in total. The van der Waals surface area contributed by atoms with Gasteiger partial charge < -0.3 is 5.32 Å². The lowest BCUT2D eigenvalue weighted by atomic mass is 10.2. The molecule has 3 aromatic carbocycles. The number of benzene rings is 3. The number of sulfonamides is 1. The van der Waals surface area contributed by atoms with E-state index in [9.17, 15) is 13.2 Å². The van der Waals surface area contributed by atoms with Crippen molar-refractivity contribution in [1.82, 2.24) is 0 Å². The highest BCUT2D eigenvalue weighted by Gasteiger charge is 2.16. The minimum Gasteiger partial charge on any atom is -0.322 e. The Balaban J connectivity index is 1.77. The average molecular weight is 480 g/mol. The SMILES string of the molecule is Cc1ccc(S(=O)(=O)Nc2ccc(C(=O)Nc3ccc(Br)cc3)c(Cl)c2)cc1. The van der Waals surface area contributed by atoms with Crippen LogP contribution in [-0.4, -0.2) is 14.3 Å². The summed E-state index contributed by atoms with van der Waals surface area (Å²) in [7, 11) is -3.75. The lowest BCUT2D eigenvalue weighted by Gasteiger charge is -2.11. The predicted molar refractivity (Wildman–Crippen MR) is 116 cm³/mol. The highest BCUT2D eigenvalue weighted by atomic mass is 79.9. The molecular weight excluding hydrogens is 464 g/mol. The molecule has 0 heterocycles. The number of carbonyl (C=O) groups excluding carboxylic acids is 1. The third-order valence-electron chi connectivity index (χ3n) is 3.90. The Morgan fingerprint density at radius 2 is 1.54 bits per heavy atom. The molecule has 0 saturated carbocycles. The van der Waals surface area contributed by atoms with Crippen LogP contribution in [0.2, 0.25) is 5.02 Å². The lowest BCUT2D eigenvalue weighted by Crippen LogP contribution is -2.15. The fourth-order valence-electron chi connectivity index (χ4n) is 2.43. The van der Waals surface area contributed by atoms with E-state index >= 15 is 0 Å². The predicted octanol–water partition coefficient (Wildman–Crippen LogP) is 5.46. The second-order valence-electron chi connectivity index (χ2n) is 6.07. The summed E-state index contributed by atoms with van der Waals surface area (Å²) >= 11 is 9.54. The second kappa shape index (κ2) is 8.34. The molecule has 0 saturated heterocycles. The van der Waals surface area contributed by atoms with Crippen molar-refractivity contribution in [1.29, 1.82) is 0 Å². The van der Waals surface area contributed by atoms with Gasteiger partial charge in [-0.15, -0.1) is 0 Å². The number of aryl methyl sites for hydroxylation is 1. The summed E-state index contributed by atoms with van der Waals surface area (Å²) in [5.74, 6) is -0.389. The number of hydrogen-bond acceptors (Lipinski definition) is 3. The van der Waals surface area contributed by atoms with E-state index < -0.39 is 10.0 Å². The van der Waals surface area contributed by atoms with Crippen LogP contribution < -0.4 is 10.0 Å². The third-order valence-corrected chi connectivity index (χ3v) is 6.14. The summed E-state index contributed by atoms with van der Waals surface area (Å²) in [5, 5.41) is 2.88. The number of halogens is 2. The molecule has 144 valence electrons. The Labute approximate surface area is 176 Å². The smallest absolute Gasteiger partial charge is 0.261 e. The van der Waals surface area contributed by atoms with Gasteiger partial charge in [0.2, 0.25) is 0 Å². The minimum atomic E-state index is -3.75. The number of hydrogen-bond donors (Lipinski definition) is 2. The van der Waals surface area contributed by atoms with Crippen molar-refractivity contribution in [2.75, 3.05) is 10.0 Å². The zero-order chi connectivity index (χ0) is 20.3. The molecule has 0 bridgehead atoms. The molecule has 5 nitrogen and oxygen atoms in total. The van der Waals surface area contributed by atoms with Crippen LogP contribution in [0.3, 0.4) is 0 Å². The number of amides is 1. The van der Waals surface area contributed by atoms with Gasteiger partial charge >= 0.3 is 0 Å². The molecule has 0 fully saturated rings. The van der Waals surface area contributed by atoms with Crippen molar-refractivity contribution >= 4 is 54.8 Å². The van der Waals surface area contributed by atoms with Crippen molar-refractivity contribution in [3.63, 3.8) is 0 Å². The fraction of sp³-hybridized carbons (Fsp3) is 0.0500. The molecule has 0 radical (unpaired) electrons. The molecular formula is C20H16BrClN2O3S. The molecule has 0 aliphatic carbocycles. The number of carbonyl (C=O) groups is 1. The standard InChI is InChI=1S/C20H16BrClN2O3S/c1-13-2-9-17(10-3-13)28(26,27)24-16-8-11-18(19(22)12-16)20(25)23-15-6-4-14(21)5-7-15/h2-12,24H,1H3,(H,23,25). The molecule has 0 aliphatic heterocycles. The summed E-state index contributed by atoms with van der Waals surface area (Å²) in [5.41, 5.74) is 2.09. The van der Waals surface area contributed by atoms with E-state index in [4.69, 9.17) is 11.6 Å². The van der Waals surface area contributed by atoms with E-state index in [0.717, 1.165) is 10.0 Å². The molecule has 28 heavy (non-hydrogen) atoms. The highest BCUT2D eigenvalue weighted by molar-refractivity contribution is 9.10. The van der Waals surface area contributed by atoms with Gasteiger partial charge in [0, 0.05) is 10.2 Å². The van der Waals surface area contributed by atoms with Crippen molar-refractivity contribution in [2.24, 2.45) is 0 Å². The summed E-state index contributed by atoms with van der Waals surface area (Å²) in [6.07, 6.45) is 0. The van der Waals surface area contributed by atoms with Crippen LogP contribution in [0.1, 0.15) is 15.9 Å². The van der Waals surface area contributed by atoms with Gasteiger partial charge in [-0.05, 0) is 61.5 Å². The van der Waals surface area contributed by atoms with Crippen LogP contribution in [0.15, 0.2) is 76.1 Å². The van der Waals surface area contributed by atoms with Gasteiger partial charge in [-0.25, -0.2) is 8.42 Å². The molecule has 3 rings (SSSR count). The van der Waals surface area contributed by atoms with Crippen LogP contribution in [0.25, 0.3) is 0 Å². The Morgan fingerprint density at radius 1 is 0.929 bits per heavy atom. The molecule has 0 unspecified atom stereocenters. The summed E-state index contributed by atoms with van der Waals surface area (Å²) in [4.78, 5) is 12.6. The first-order valence-electron chi connectivity index (χ1n) is 8.20. The van der Waals surface area contributed by atoms with Gasteiger partial charge in [-0.1, -0.05) is 45.2 Å². The largest absolute Gasteiger partial charge is 0.322 e. The van der Waals surface area contributed by atoms with Gasteiger partial charge in [0.15, 0.2) is 0 Å². The first kappa shape index (κ1) is 20.4. The number of rotatable bonds is 5. The zero-order valence-electron chi connectivity index (χ0n) is 14.7. The van der Waals surface area contributed by atoms with Crippen molar-refractivity contribution in [3.8, 4) is 0 Å². The van der Waals surface area contributed by atoms with E-state index in [1.807, 2.05) is 6.92 Å². The van der Waals surface area contributed by atoms with Gasteiger partial charge in [0.25, 0.3) is 15.9 Å². The van der Waals surface area contributed by atoms with Crippen molar-refractivity contribution in [2.45, 2.75) is 11.8 Å². The highest BCUT2D eigenvalue weighted by Crippen LogP contribution is 2.25. The van der Waals surface area contributed by atoms with E-state index in [0.29, 0.717) is 5.69 Å². The Morgan fingerprint density at radius 3 is 2.14 bits per heavy atom. The molecule has 8 heteroatoms. The zero-order valence-corrected chi connectivity index (χ0v) is 17.9. The Bertz CT molecular complexity index is 1120. The van der Waals surface area contributed by atoms with E-state index in [-0.39, 0.29) is 27.1 Å². The topological polar surface area (TPSA) is 75.3 Å². The van der Waals surface area contributed by atoms with Crippen LogP contribution in [-0.2, 0) is 10.0 Å². The summed E-state index contributed by atoms with van der Waals surface area (Å²) in [6, 6.07) is 18.0. The van der Waals surface area contributed by atoms with E-state index in [1.165, 1.54) is 30.3 Å². The van der Waals surface area contributed by atoms with Gasteiger partial charge in [0.05, 0.1) is 21.2 Å². The van der Waals surface area contributed by atoms with Gasteiger partial charge in [-0.3, -0.25) is 9.52 Å². The van der Waals surface area contributed by atoms with Gasteiger partial charge in [0.1, 0.15) is 0 Å². The minimum absolute atomic E-state index is 0.138. The summed E-state index contributed by atoms with van der Waals surface area (Å²) in [6.45, 7) is 1.88. The molecule has 3 aromatic rings. The first-order valence-corrected chi connectivity index (χ1v) is 10.9. The normalized spacial score (nSPS) is 11.1. The van der Waals surface area contributed by atoms with Crippen molar-refractivity contribution in [3.05, 3.63) is 87.4 Å². The summed E-state index contributed by atoms with van der Waals surface area (Å²) < 4.78 is 28.3. The van der Waals surface area contributed by atoms with Crippen molar-refractivity contribution < 1.29 is 13.2 Å². The first-order chi connectivity index (χ1) is 13.2. The molecule has 0 aromatic heterocycles. The Kier molecular flexibility index (Phi) is 6.07. The second-order valence-corrected chi connectivity index (χ2v) is 9.08. The molecule has 1 amide bonds. The van der Waals surface area contributed by atoms with Crippen LogP contribution in [0.4, 0.5) is 11.4 Å². The maximum absolute atomic E-state index is 12.5. The fourth-order valence-corrected chi connectivity index (χ4v) is 4.01. The molecule has 0 aliphatic rings. The monoisotopic (exact) mass is 478 g/mol. The molecule has 0 spiro atoms. The average Bonchev–Trinajstić information content (AvgIpc) is 2.63. The van der Waals surface area contributed by atoms with Crippen LogP contribution >= 0.6 is 27.5 Å².